The number of carbonyl (C=O) groups is 1. The number of rotatable bonds is 3. The second-order valence-corrected chi connectivity index (χ2v) is 6.06. The molecule has 0 spiro atoms. The van der Waals surface area contributed by atoms with Gasteiger partial charge in [0.25, 0.3) is 0 Å². The minimum Gasteiger partial charge on any atom is -0.299 e. The number of para-hydroxylation sites is 1. The minimum absolute atomic E-state index is 0.317. The third-order valence-electron chi connectivity index (χ3n) is 4.71. The van der Waals surface area contributed by atoms with Gasteiger partial charge in [-0.3, -0.25) is 9.78 Å². The molecule has 2 atom stereocenters. The van der Waals surface area contributed by atoms with Gasteiger partial charge < -0.3 is 0 Å². The summed E-state index contributed by atoms with van der Waals surface area (Å²) in [4.78, 5) is 16.9. The van der Waals surface area contributed by atoms with E-state index in [4.69, 9.17) is 0 Å². The largest absolute Gasteiger partial charge is 0.299 e. The van der Waals surface area contributed by atoms with Crippen molar-refractivity contribution in [3.05, 3.63) is 42.1 Å². The quantitative estimate of drug-likeness (QED) is 0.837. The van der Waals surface area contributed by atoms with Crippen molar-refractivity contribution in [3.63, 3.8) is 0 Å². The van der Waals surface area contributed by atoms with E-state index in [1.165, 1.54) is 6.42 Å². The highest BCUT2D eigenvalue weighted by Crippen LogP contribution is 2.54. The lowest BCUT2D eigenvalue weighted by Crippen LogP contribution is -2.15. The maximum atomic E-state index is 12.3. The number of nitrogens with zero attached hydrogens (tertiary/aromatic N) is 1. The van der Waals surface area contributed by atoms with E-state index in [9.17, 15) is 4.79 Å². The maximum Gasteiger partial charge on any atom is 0.141 e. The van der Waals surface area contributed by atoms with Crippen LogP contribution in [0.2, 0.25) is 0 Å². The highest BCUT2D eigenvalue weighted by Gasteiger charge is 2.47. The van der Waals surface area contributed by atoms with Crippen LogP contribution >= 0.6 is 0 Å². The van der Waals surface area contributed by atoms with E-state index in [1.54, 1.807) is 0 Å². The molecule has 2 nitrogen and oxygen atoms in total. The Kier molecular flexibility index (Phi) is 2.44. The summed E-state index contributed by atoms with van der Waals surface area (Å²) in [6.07, 6.45) is 4.15. The van der Waals surface area contributed by atoms with Crippen molar-refractivity contribution in [1.29, 1.82) is 0 Å². The molecule has 0 saturated heterocycles. The van der Waals surface area contributed by atoms with E-state index in [2.05, 4.69) is 17.1 Å². The van der Waals surface area contributed by atoms with Gasteiger partial charge in [-0.1, -0.05) is 24.3 Å². The Morgan fingerprint density at radius 2 is 1.84 bits per heavy atom. The Labute approximate surface area is 112 Å². The Morgan fingerprint density at radius 3 is 2.68 bits per heavy atom. The topological polar surface area (TPSA) is 30.0 Å². The summed E-state index contributed by atoms with van der Waals surface area (Å²) in [5, 5.41) is 1.14. The third kappa shape index (κ3) is 2.05. The van der Waals surface area contributed by atoms with Gasteiger partial charge in [0.1, 0.15) is 5.78 Å². The number of benzene rings is 1. The zero-order valence-electron chi connectivity index (χ0n) is 10.9. The fraction of sp³-hybridized carbons (Fsp3) is 0.412. The fourth-order valence-corrected chi connectivity index (χ4v) is 3.51. The molecule has 0 bridgehead atoms. The second kappa shape index (κ2) is 4.16. The van der Waals surface area contributed by atoms with Crippen LogP contribution in [-0.4, -0.2) is 10.8 Å². The van der Waals surface area contributed by atoms with Gasteiger partial charge in [0.05, 0.1) is 5.52 Å². The van der Waals surface area contributed by atoms with Crippen LogP contribution in [-0.2, 0) is 11.2 Å². The zero-order chi connectivity index (χ0) is 12.8. The van der Waals surface area contributed by atoms with E-state index in [0.29, 0.717) is 18.1 Å². The van der Waals surface area contributed by atoms with Gasteiger partial charge in [0.15, 0.2) is 0 Å². The van der Waals surface area contributed by atoms with Crippen molar-refractivity contribution in [2.45, 2.75) is 25.7 Å². The third-order valence-corrected chi connectivity index (χ3v) is 4.71. The first kappa shape index (κ1) is 11.2. The molecule has 4 rings (SSSR count). The number of carbonyl (C=O) groups excluding carboxylic acids is 1. The van der Waals surface area contributed by atoms with Gasteiger partial charge in [0, 0.05) is 23.4 Å². The molecule has 2 unspecified atom stereocenters. The average Bonchev–Trinajstić information content (AvgIpc) is 3.05. The lowest BCUT2D eigenvalue weighted by Gasteiger charge is -2.10. The van der Waals surface area contributed by atoms with Gasteiger partial charge >= 0.3 is 0 Å². The average molecular weight is 251 g/mol. The number of fused-ring (bicyclic) bond motifs is 2. The van der Waals surface area contributed by atoms with E-state index in [1.807, 2.05) is 24.3 Å². The van der Waals surface area contributed by atoms with Gasteiger partial charge in [-0.05, 0) is 43.2 Å². The molecular formula is C17H17NO. The van der Waals surface area contributed by atoms with Crippen molar-refractivity contribution in [2.24, 2.45) is 17.8 Å². The zero-order valence-corrected chi connectivity index (χ0v) is 10.9. The van der Waals surface area contributed by atoms with Gasteiger partial charge in [0.2, 0.25) is 0 Å². The first-order valence-corrected chi connectivity index (χ1v) is 7.17. The van der Waals surface area contributed by atoms with E-state index in [-0.39, 0.29) is 0 Å². The molecule has 2 aromatic rings. The summed E-state index contributed by atoms with van der Waals surface area (Å²) in [7, 11) is 0. The highest BCUT2D eigenvalue weighted by atomic mass is 16.1. The molecule has 2 heteroatoms. The fourth-order valence-electron chi connectivity index (χ4n) is 3.51. The molecule has 1 aromatic heterocycles. The van der Waals surface area contributed by atoms with Gasteiger partial charge in [-0.2, -0.15) is 0 Å². The molecule has 0 aliphatic heterocycles. The Morgan fingerprint density at radius 1 is 1.05 bits per heavy atom. The van der Waals surface area contributed by atoms with Crippen molar-refractivity contribution in [1.82, 2.24) is 4.98 Å². The number of Topliss-reactive ketones (excluding diaryl/α,β-unsaturated/α-hetero) is 1. The summed E-state index contributed by atoms with van der Waals surface area (Å²) in [6, 6.07) is 12.1. The minimum atomic E-state index is 0.317. The van der Waals surface area contributed by atoms with Crippen molar-refractivity contribution in [2.75, 3.05) is 0 Å². The normalized spacial score (nSPS) is 28.3. The van der Waals surface area contributed by atoms with Crippen LogP contribution in [0.1, 0.15) is 25.0 Å². The van der Waals surface area contributed by atoms with Crippen LogP contribution in [0.3, 0.4) is 0 Å². The summed E-state index contributed by atoms with van der Waals surface area (Å²) in [5.41, 5.74) is 1.91. The van der Waals surface area contributed by atoms with Crippen LogP contribution in [0.15, 0.2) is 36.4 Å². The van der Waals surface area contributed by atoms with Crippen molar-refractivity contribution in [3.8, 4) is 0 Å². The molecule has 2 aliphatic carbocycles. The predicted molar refractivity (Wildman–Crippen MR) is 74.8 cm³/mol. The molecule has 0 amide bonds. The molecule has 96 valence electrons. The molecule has 2 saturated carbocycles. The summed E-state index contributed by atoms with van der Waals surface area (Å²) in [5.74, 6) is 2.46. The Balaban J connectivity index is 1.52. The van der Waals surface area contributed by atoms with Crippen LogP contribution in [0.25, 0.3) is 10.9 Å². The van der Waals surface area contributed by atoms with Crippen molar-refractivity contribution < 1.29 is 4.79 Å². The van der Waals surface area contributed by atoms with Crippen LogP contribution in [0.4, 0.5) is 0 Å². The standard InChI is InChI=1S/C17H17NO/c19-17(14-8-12-7-13(12)9-14)10-15-6-5-11-3-1-2-4-16(11)18-15/h1-6,12-14H,7-10H2. The molecule has 0 radical (unpaired) electrons. The molecule has 0 N–H and O–H groups in total. The second-order valence-electron chi connectivity index (χ2n) is 6.06. The molecular weight excluding hydrogens is 234 g/mol. The first-order chi connectivity index (χ1) is 9.29. The molecule has 2 fully saturated rings. The number of hydrogen-bond acceptors (Lipinski definition) is 2. The first-order valence-electron chi connectivity index (χ1n) is 7.17. The SMILES string of the molecule is O=C(Cc1ccc2ccccc2n1)C1CC2CC2C1. The lowest BCUT2D eigenvalue weighted by atomic mass is 9.95. The smallest absolute Gasteiger partial charge is 0.141 e. The van der Waals surface area contributed by atoms with Gasteiger partial charge in [-0.15, -0.1) is 0 Å². The number of pyridine rings is 1. The molecule has 1 heterocycles. The van der Waals surface area contributed by atoms with Gasteiger partial charge in [-0.25, -0.2) is 0 Å². The van der Waals surface area contributed by atoms with Crippen LogP contribution in [0, 0.1) is 17.8 Å². The number of aromatic nitrogens is 1. The molecule has 1 aromatic carbocycles. The maximum absolute atomic E-state index is 12.3. The number of hydrogen-bond donors (Lipinski definition) is 0. The summed E-state index contributed by atoms with van der Waals surface area (Å²) >= 11 is 0. The summed E-state index contributed by atoms with van der Waals surface area (Å²) in [6.45, 7) is 0. The monoisotopic (exact) mass is 251 g/mol. The van der Waals surface area contributed by atoms with Crippen LogP contribution in [0.5, 0.6) is 0 Å². The molecule has 19 heavy (non-hydrogen) atoms. The highest BCUT2D eigenvalue weighted by molar-refractivity contribution is 5.84. The molecule has 2 aliphatic rings. The van der Waals surface area contributed by atoms with E-state index in [0.717, 1.165) is 41.3 Å². The predicted octanol–water partition coefficient (Wildman–Crippen LogP) is 3.39. The van der Waals surface area contributed by atoms with Crippen LogP contribution < -0.4 is 0 Å². The van der Waals surface area contributed by atoms with E-state index >= 15 is 0 Å². The summed E-state index contributed by atoms with van der Waals surface area (Å²) < 4.78 is 0. The number of ketones is 1. The van der Waals surface area contributed by atoms with E-state index < -0.39 is 0 Å². The lowest BCUT2D eigenvalue weighted by molar-refractivity contribution is -0.122. The van der Waals surface area contributed by atoms with Crippen molar-refractivity contribution >= 4 is 16.7 Å². The Hall–Kier alpha value is -1.70. The Bertz CT molecular complexity index is 639.